The summed E-state index contributed by atoms with van der Waals surface area (Å²) in [6.45, 7) is 3.76. The fraction of sp³-hybridized carbons (Fsp3) is 0.438. The zero-order chi connectivity index (χ0) is 16.1. The number of thioether (sulfide) groups is 1. The summed E-state index contributed by atoms with van der Waals surface area (Å²) in [6, 6.07) is 5.07. The van der Waals surface area contributed by atoms with Crippen LogP contribution >= 0.6 is 11.8 Å². The van der Waals surface area contributed by atoms with Gasteiger partial charge in [-0.05, 0) is 50.5 Å². The second kappa shape index (κ2) is 7.56. The van der Waals surface area contributed by atoms with E-state index >= 15 is 0 Å². The molecule has 0 aliphatic heterocycles. The summed E-state index contributed by atoms with van der Waals surface area (Å²) in [5, 5.41) is 12.2. The van der Waals surface area contributed by atoms with E-state index in [1.54, 1.807) is 30.0 Å². The van der Waals surface area contributed by atoms with Crippen molar-refractivity contribution in [3.63, 3.8) is 0 Å². The SMILES string of the molecule is CSCCC(CO)NC(=O)c1ccc2nc(C)c(C)nc2c1. The molecule has 0 saturated carbocycles. The fourth-order valence-electron chi connectivity index (χ4n) is 2.11. The van der Waals surface area contributed by atoms with Gasteiger partial charge in [-0.25, -0.2) is 9.97 Å². The molecule has 1 aromatic heterocycles. The highest BCUT2D eigenvalue weighted by Crippen LogP contribution is 2.14. The second-order valence-electron chi connectivity index (χ2n) is 5.23. The van der Waals surface area contributed by atoms with Crippen molar-refractivity contribution >= 4 is 28.7 Å². The van der Waals surface area contributed by atoms with Gasteiger partial charge in [-0.2, -0.15) is 11.8 Å². The molecule has 0 aliphatic rings. The van der Waals surface area contributed by atoms with Gasteiger partial charge in [0.1, 0.15) is 0 Å². The van der Waals surface area contributed by atoms with Crippen LogP contribution in [0.25, 0.3) is 11.0 Å². The highest BCUT2D eigenvalue weighted by molar-refractivity contribution is 7.98. The Labute approximate surface area is 134 Å². The number of aromatic nitrogens is 2. The highest BCUT2D eigenvalue weighted by Gasteiger charge is 2.14. The van der Waals surface area contributed by atoms with Crippen molar-refractivity contribution in [2.24, 2.45) is 0 Å². The highest BCUT2D eigenvalue weighted by atomic mass is 32.2. The maximum Gasteiger partial charge on any atom is 0.251 e. The smallest absolute Gasteiger partial charge is 0.251 e. The standard InChI is InChI=1S/C16H21N3O2S/c1-10-11(2)18-15-8-12(4-5-14(15)17-10)16(21)19-13(9-20)6-7-22-3/h4-5,8,13,20H,6-7,9H2,1-3H3,(H,19,21). The molecule has 6 heteroatoms. The molecule has 0 fully saturated rings. The number of nitrogens with zero attached hydrogens (tertiary/aromatic N) is 2. The number of aryl methyl sites for hydroxylation is 2. The van der Waals surface area contributed by atoms with Gasteiger partial charge >= 0.3 is 0 Å². The number of rotatable bonds is 6. The Kier molecular flexibility index (Phi) is 5.74. The molecule has 118 valence electrons. The van der Waals surface area contributed by atoms with Gasteiger partial charge in [0, 0.05) is 5.56 Å². The van der Waals surface area contributed by atoms with E-state index in [1.165, 1.54) is 0 Å². The van der Waals surface area contributed by atoms with Crippen LogP contribution in [0, 0.1) is 13.8 Å². The average Bonchev–Trinajstić information content (AvgIpc) is 2.51. The summed E-state index contributed by atoms with van der Waals surface area (Å²) >= 11 is 1.69. The summed E-state index contributed by atoms with van der Waals surface area (Å²) in [5.74, 6) is 0.703. The molecule has 2 aromatic rings. The number of nitrogens with one attached hydrogen (secondary N) is 1. The minimum Gasteiger partial charge on any atom is -0.394 e. The molecule has 1 aromatic carbocycles. The molecule has 0 bridgehead atoms. The normalized spacial score (nSPS) is 12.4. The number of carbonyl (C=O) groups is 1. The Morgan fingerprint density at radius 2 is 1.95 bits per heavy atom. The molecule has 22 heavy (non-hydrogen) atoms. The Morgan fingerprint density at radius 1 is 1.27 bits per heavy atom. The molecule has 1 heterocycles. The maximum absolute atomic E-state index is 12.3. The number of aliphatic hydroxyl groups is 1. The third kappa shape index (κ3) is 3.96. The molecule has 2 rings (SSSR count). The van der Waals surface area contributed by atoms with E-state index in [0.29, 0.717) is 11.1 Å². The zero-order valence-electron chi connectivity index (χ0n) is 13.1. The number of hydrogen-bond donors (Lipinski definition) is 2. The van der Waals surface area contributed by atoms with Gasteiger partial charge in [-0.1, -0.05) is 0 Å². The molecule has 0 radical (unpaired) electrons. The third-order valence-electron chi connectivity index (χ3n) is 3.56. The quantitative estimate of drug-likeness (QED) is 0.853. The molecule has 5 nitrogen and oxygen atoms in total. The summed E-state index contributed by atoms with van der Waals surface area (Å²) in [6.07, 6.45) is 2.75. The van der Waals surface area contributed by atoms with Crippen LogP contribution in [0.2, 0.25) is 0 Å². The first-order chi connectivity index (χ1) is 10.5. The van der Waals surface area contributed by atoms with Crippen LogP contribution in [0.4, 0.5) is 0 Å². The van der Waals surface area contributed by atoms with E-state index < -0.39 is 0 Å². The van der Waals surface area contributed by atoms with Crippen molar-refractivity contribution in [1.29, 1.82) is 0 Å². The lowest BCUT2D eigenvalue weighted by molar-refractivity contribution is 0.0915. The predicted molar refractivity (Wildman–Crippen MR) is 90.4 cm³/mol. The average molecular weight is 319 g/mol. The van der Waals surface area contributed by atoms with Crippen molar-refractivity contribution < 1.29 is 9.90 Å². The monoisotopic (exact) mass is 319 g/mol. The number of aliphatic hydroxyl groups excluding tert-OH is 1. The number of benzene rings is 1. The van der Waals surface area contributed by atoms with Crippen molar-refractivity contribution in [3.05, 3.63) is 35.2 Å². The summed E-state index contributed by atoms with van der Waals surface area (Å²) in [5.41, 5.74) is 3.77. The van der Waals surface area contributed by atoms with Gasteiger partial charge in [0.2, 0.25) is 0 Å². The molecule has 0 spiro atoms. The predicted octanol–water partition coefficient (Wildman–Crippen LogP) is 2.09. The van der Waals surface area contributed by atoms with Crippen LogP contribution in [0.3, 0.4) is 0 Å². The van der Waals surface area contributed by atoms with Crippen LogP contribution in [-0.4, -0.2) is 45.6 Å². The lowest BCUT2D eigenvalue weighted by Crippen LogP contribution is -2.37. The van der Waals surface area contributed by atoms with Crippen LogP contribution in [0.15, 0.2) is 18.2 Å². The Balaban J connectivity index is 2.19. The maximum atomic E-state index is 12.3. The van der Waals surface area contributed by atoms with Crippen molar-refractivity contribution in [2.45, 2.75) is 26.3 Å². The van der Waals surface area contributed by atoms with Gasteiger partial charge in [-0.3, -0.25) is 4.79 Å². The first kappa shape index (κ1) is 16.7. The van der Waals surface area contributed by atoms with Gasteiger partial charge in [-0.15, -0.1) is 0 Å². The number of fused-ring (bicyclic) bond motifs is 1. The van der Waals surface area contributed by atoms with Crippen molar-refractivity contribution in [2.75, 3.05) is 18.6 Å². The molecule has 1 unspecified atom stereocenters. The Bertz CT molecular complexity index is 676. The van der Waals surface area contributed by atoms with Crippen LogP contribution < -0.4 is 5.32 Å². The lowest BCUT2D eigenvalue weighted by Gasteiger charge is -2.15. The van der Waals surface area contributed by atoms with E-state index in [4.69, 9.17) is 0 Å². The molecule has 0 saturated heterocycles. The largest absolute Gasteiger partial charge is 0.394 e. The minimum atomic E-state index is -0.221. The molecular formula is C16H21N3O2S. The van der Waals surface area contributed by atoms with E-state index in [9.17, 15) is 9.90 Å². The minimum absolute atomic E-state index is 0.0575. The Hall–Kier alpha value is -1.66. The van der Waals surface area contributed by atoms with Gasteiger partial charge in [0.15, 0.2) is 0 Å². The summed E-state index contributed by atoms with van der Waals surface area (Å²) in [4.78, 5) is 21.2. The van der Waals surface area contributed by atoms with Crippen LogP contribution in [0.5, 0.6) is 0 Å². The zero-order valence-corrected chi connectivity index (χ0v) is 13.9. The lowest BCUT2D eigenvalue weighted by atomic mass is 10.1. The van der Waals surface area contributed by atoms with Crippen molar-refractivity contribution in [3.8, 4) is 0 Å². The van der Waals surface area contributed by atoms with Crippen molar-refractivity contribution in [1.82, 2.24) is 15.3 Å². The van der Waals surface area contributed by atoms with Gasteiger partial charge in [0.25, 0.3) is 5.91 Å². The van der Waals surface area contributed by atoms with E-state index in [2.05, 4.69) is 15.3 Å². The van der Waals surface area contributed by atoms with Crippen LogP contribution in [-0.2, 0) is 0 Å². The summed E-state index contributed by atoms with van der Waals surface area (Å²) in [7, 11) is 0. The van der Waals surface area contributed by atoms with Gasteiger partial charge < -0.3 is 10.4 Å². The van der Waals surface area contributed by atoms with E-state index in [0.717, 1.165) is 29.1 Å². The van der Waals surface area contributed by atoms with E-state index in [1.807, 2.05) is 20.1 Å². The number of amides is 1. The first-order valence-corrected chi connectivity index (χ1v) is 8.60. The topological polar surface area (TPSA) is 75.1 Å². The van der Waals surface area contributed by atoms with Gasteiger partial charge in [0.05, 0.1) is 35.1 Å². The second-order valence-corrected chi connectivity index (χ2v) is 6.22. The number of hydrogen-bond acceptors (Lipinski definition) is 5. The van der Waals surface area contributed by atoms with E-state index in [-0.39, 0.29) is 18.6 Å². The third-order valence-corrected chi connectivity index (χ3v) is 4.21. The molecule has 2 N–H and O–H groups in total. The molecular weight excluding hydrogens is 298 g/mol. The fourth-order valence-corrected chi connectivity index (χ4v) is 2.63. The number of carbonyl (C=O) groups excluding carboxylic acids is 1. The van der Waals surface area contributed by atoms with Crippen LogP contribution in [0.1, 0.15) is 28.2 Å². The summed E-state index contributed by atoms with van der Waals surface area (Å²) < 4.78 is 0. The molecule has 1 amide bonds. The Morgan fingerprint density at radius 3 is 2.59 bits per heavy atom. The molecule has 1 atom stereocenters. The molecule has 0 aliphatic carbocycles. The first-order valence-electron chi connectivity index (χ1n) is 7.20.